The first-order valence-corrected chi connectivity index (χ1v) is 11.1. The van der Waals surface area contributed by atoms with E-state index in [9.17, 15) is 18.0 Å². The molecule has 0 N–H and O–H groups in total. The summed E-state index contributed by atoms with van der Waals surface area (Å²) >= 11 is 0. The summed E-state index contributed by atoms with van der Waals surface area (Å²) in [6.07, 6.45) is -0.884. The van der Waals surface area contributed by atoms with Gasteiger partial charge < -0.3 is 9.47 Å². The van der Waals surface area contributed by atoms with Gasteiger partial charge in [0, 0.05) is 11.8 Å². The van der Waals surface area contributed by atoms with Crippen molar-refractivity contribution in [1.29, 1.82) is 0 Å². The molecule has 1 heterocycles. The third-order valence-electron chi connectivity index (χ3n) is 5.68. The van der Waals surface area contributed by atoms with E-state index < -0.39 is 17.7 Å². The van der Waals surface area contributed by atoms with Crippen LogP contribution in [0.5, 0.6) is 5.75 Å². The van der Waals surface area contributed by atoms with Crippen LogP contribution in [0.3, 0.4) is 0 Å². The number of carbonyl (C=O) groups is 1. The van der Waals surface area contributed by atoms with Gasteiger partial charge in [-0.3, -0.25) is 0 Å². The van der Waals surface area contributed by atoms with Gasteiger partial charge in [0.05, 0.1) is 12.2 Å². The van der Waals surface area contributed by atoms with Gasteiger partial charge in [-0.1, -0.05) is 30.3 Å². The highest BCUT2D eigenvalue weighted by Gasteiger charge is 2.32. The number of allylic oxidation sites excluding steroid dienone is 2. The predicted molar refractivity (Wildman–Crippen MR) is 123 cm³/mol. The van der Waals surface area contributed by atoms with E-state index in [0.717, 1.165) is 40.8 Å². The number of halogens is 3. The first-order chi connectivity index (χ1) is 16.4. The van der Waals surface area contributed by atoms with E-state index in [2.05, 4.69) is 4.98 Å². The Hall–Kier alpha value is -3.61. The van der Waals surface area contributed by atoms with Crippen molar-refractivity contribution >= 4 is 17.1 Å². The summed E-state index contributed by atoms with van der Waals surface area (Å²) in [5.74, 6) is -0.138. The fourth-order valence-corrected chi connectivity index (χ4v) is 4.10. The van der Waals surface area contributed by atoms with Gasteiger partial charge in [0.2, 0.25) is 0 Å². The summed E-state index contributed by atoms with van der Waals surface area (Å²) in [6, 6.07) is 16.5. The number of carbonyl (C=O) groups excluding carboxylic acids is 1. The smallest absolute Gasteiger partial charge is 0.416 e. The van der Waals surface area contributed by atoms with Crippen molar-refractivity contribution in [2.45, 2.75) is 39.0 Å². The van der Waals surface area contributed by atoms with Gasteiger partial charge >= 0.3 is 12.1 Å². The molecule has 34 heavy (non-hydrogen) atoms. The molecule has 0 atom stereocenters. The Morgan fingerprint density at radius 3 is 2.50 bits per heavy atom. The van der Waals surface area contributed by atoms with Gasteiger partial charge in [0.15, 0.2) is 0 Å². The van der Waals surface area contributed by atoms with Crippen LogP contribution in [-0.2, 0) is 17.5 Å². The van der Waals surface area contributed by atoms with Crippen LogP contribution in [0.15, 0.2) is 66.9 Å². The Kier molecular flexibility index (Phi) is 7.01. The molecule has 0 amide bonds. The minimum absolute atomic E-state index is 0.169. The summed E-state index contributed by atoms with van der Waals surface area (Å²) in [4.78, 5) is 16.2. The van der Waals surface area contributed by atoms with E-state index in [0.29, 0.717) is 24.2 Å². The molecule has 0 bridgehead atoms. The number of rotatable bonds is 7. The van der Waals surface area contributed by atoms with Gasteiger partial charge in [-0.05, 0) is 78.8 Å². The van der Waals surface area contributed by atoms with E-state index >= 15 is 0 Å². The van der Waals surface area contributed by atoms with Gasteiger partial charge in [-0.25, -0.2) is 9.78 Å². The van der Waals surface area contributed by atoms with Crippen LogP contribution < -0.4 is 4.74 Å². The number of pyridine rings is 1. The number of aromatic nitrogens is 1. The molecule has 4 nitrogen and oxygen atoms in total. The van der Waals surface area contributed by atoms with Crippen LogP contribution in [0, 0.1) is 0 Å². The Morgan fingerprint density at radius 2 is 1.76 bits per heavy atom. The maximum Gasteiger partial charge on any atom is 0.416 e. The molecule has 2 aromatic carbocycles. The van der Waals surface area contributed by atoms with Crippen molar-refractivity contribution in [2.75, 3.05) is 6.61 Å². The Balaban J connectivity index is 1.76. The molecule has 1 aliphatic rings. The molecule has 0 unspecified atom stereocenters. The van der Waals surface area contributed by atoms with Crippen LogP contribution in [0.1, 0.15) is 58.9 Å². The highest BCUT2D eigenvalue weighted by molar-refractivity contribution is 5.96. The molecular weight excluding hydrogens is 443 g/mol. The summed E-state index contributed by atoms with van der Waals surface area (Å²) in [5.41, 5.74) is 3.21. The average molecular weight is 467 g/mol. The van der Waals surface area contributed by atoms with E-state index in [1.165, 1.54) is 12.3 Å². The van der Waals surface area contributed by atoms with Gasteiger partial charge in [0.25, 0.3) is 0 Å². The average Bonchev–Trinajstić information content (AvgIpc) is 3.33. The Labute approximate surface area is 196 Å². The molecule has 0 radical (unpaired) electrons. The van der Waals surface area contributed by atoms with Crippen molar-refractivity contribution in [3.63, 3.8) is 0 Å². The zero-order valence-electron chi connectivity index (χ0n) is 18.7. The fourth-order valence-electron chi connectivity index (χ4n) is 4.10. The minimum Gasteiger partial charge on any atom is -0.488 e. The summed E-state index contributed by atoms with van der Waals surface area (Å²) in [6.45, 7) is 2.18. The molecular formula is C27H24F3NO3. The third-order valence-corrected chi connectivity index (χ3v) is 5.68. The van der Waals surface area contributed by atoms with Crippen molar-refractivity contribution in [1.82, 2.24) is 4.98 Å². The molecule has 1 aliphatic carbocycles. The second kappa shape index (κ2) is 10.1. The lowest BCUT2D eigenvalue weighted by atomic mass is 9.95. The largest absolute Gasteiger partial charge is 0.488 e. The molecule has 0 fully saturated rings. The number of hydrogen-bond acceptors (Lipinski definition) is 4. The van der Waals surface area contributed by atoms with Crippen LogP contribution >= 0.6 is 0 Å². The zero-order chi connectivity index (χ0) is 24.1. The Bertz CT molecular complexity index is 1200. The molecule has 7 heteroatoms. The number of hydrogen-bond donors (Lipinski definition) is 0. The van der Waals surface area contributed by atoms with Crippen LogP contribution in [0.25, 0.3) is 11.1 Å². The van der Waals surface area contributed by atoms with Gasteiger partial charge in [-0.2, -0.15) is 13.2 Å². The summed E-state index contributed by atoms with van der Waals surface area (Å²) < 4.78 is 51.7. The molecule has 3 aromatic rings. The Morgan fingerprint density at radius 1 is 1.00 bits per heavy atom. The SMILES string of the molecule is CCOC(=O)c1cc(C2=C(c3cc(C(F)(F)F)ccc3OCc3ccccc3)CCC2)ccn1. The molecule has 0 aliphatic heterocycles. The van der Waals surface area contributed by atoms with Gasteiger partial charge in [0.1, 0.15) is 18.1 Å². The first-order valence-electron chi connectivity index (χ1n) is 11.1. The first kappa shape index (κ1) is 23.5. The number of alkyl halides is 3. The lowest BCUT2D eigenvalue weighted by Gasteiger charge is -2.17. The normalized spacial score (nSPS) is 13.8. The van der Waals surface area contributed by atoms with Crippen LogP contribution in [0.4, 0.5) is 13.2 Å². The number of nitrogens with zero attached hydrogens (tertiary/aromatic N) is 1. The summed E-state index contributed by atoms with van der Waals surface area (Å²) in [5, 5.41) is 0. The third kappa shape index (κ3) is 5.30. The number of ether oxygens (including phenoxy) is 2. The van der Waals surface area contributed by atoms with Gasteiger partial charge in [-0.15, -0.1) is 0 Å². The maximum absolute atomic E-state index is 13.6. The number of esters is 1. The highest BCUT2D eigenvalue weighted by atomic mass is 19.4. The second-order valence-corrected chi connectivity index (χ2v) is 7.94. The molecule has 0 spiro atoms. The van der Waals surface area contributed by atoms with Crippen molar-refractivity contribution in [3.8, 4) is 5.75 Å². The van der Waals surface area contributed by atoms with Crippen molar-refractivity contribution in [2.24, 2.45) is 0 Å². The standard InChI is InChI=1S/C27H24F3NO3/c1-2-33-26(32)24-15-19(13-14-31-24)21-9-6-10-22(21)23-16-20(27(28,29)30)11-12-25(23)34-17-18-7-4-3-5-8-18/h3-5,7-8,11-16H,2,6,9-10,17H2,1H3. The minimum atomic E-state index is -4.47. The monoisotopic (exact) mass is 467 g/mol. The lowest BCUT2D eigenvalue weighted by Crippen LogP contribution is -2.08. The molecule has 4 rings (SSSR count). The molecule has 0 saturated carbocycles. The van der Waals surface area contributed by atoms with Crippen LogP contribution in [0.2, 0.25) is 0 Å². The molecule has 0 saturated heterocycles. The predicted octanol–water partition coefficient (Wildman–Crippen LogP) is 6.95. The quantitative estimate of drug-likeness (QED) is 0.353. The van der Waals surface area contributed by atoms with E-state index in [4.69, 9.17) is 9.47 Å². The molecule has 1 aromatic heterocycles. The fraction of sp³-hybridized carbons (Fsp3) is 0.259. The highest BCUT2D eigenvalue weighted by Crippen LogP contribution is 2.44. The zero-order valence-corrected chi connectivity index (χ0v) is 18.7. The van der Waals surface area contributed by atoms with E-state index in [1.54, 1.807) is 19.1 Å². The number of benzene rings is 2. The topological polar surface area (TPSA) is 48.4 Å². The van der Waals surface area contributed by atoms with Crippen LogP contribution in [-0.4, -0.2) is 17.6 Å². The van der Waals surface area contributed by atoms with Crippen molar-refractivity contribution in [3.05, 3.63) is 94.8 Å². The lowest BCUT2D eigenvalue weighted by molar-refractivity contribution is -0.137. The van der Waals surface area contributed by atoms with Crippen molar-refractivity contribution < 1.29 is 27.4 Å². The van der Waals surface area contributed by atoms with E-state index in [-0.39, 0.29) is 18.9 Å². The van der Waals surface area contributed by atoms with E-state index in [1.807, 2.05) is 30.3 Å². The maximum atomic E-state index is 13.6. The summed E-state index contributed by atoms with van der Waals surface area (Å²) in [7, 11) is 0. The molecule has 176 valence electrons. The second-order valence-electron chi connectivity index (χ2n) is 7.94.